The predicted molar refractivity (Wildman–Crippen MR) is 123 cm³/mol. The highest BCUT2D eigenvalue weighted by Gasteiger charge is 2.25. The summed E-state index contributed by atoms with van der Waals surface area (Å²) in [5.41, 5.74) is 0.675. The molecule has 0 aliphatic carbocycles. The third kappa shape index (κ3) is 5.83. The zero-order valence-electron chi connectivity index (χ0n) is 17.8. The fraction of sp³-hybridized carbons (Fsp3) is 0.429. The number of aryl methyl sites for hydroxylation is 1. The molecule has 1 aliphatic rings. The molecule has 1 amide bonds. The fourth-order valence-corrected chi connectivity index (χ4v) is 5.65. The van der Waals surface area contributed by atoms with Crippen molar-refractivity contribution in [2.45, 2.75) is 37.2 Å². The van der Waals surface area contributed by atoms with E-state index in [1.54, 1.807) is 22.6 Å². The van der Waals surface area contributed by atoms with E-state index in [-0.39, 0.29) is 45.5 Å². The second-order valence-electron chi connectivity index (χ2n) is 7.63. The number of hydrogen-bond acceptors (Lipinski definition) is 5. The van der Waals surface area contributed by atoms with Gasteiger partial charge in [-0.05, 0) is 25.1 Å². The van der Waals surface area contributed by atoms with Crippen molar-refractivity contribution in [3.8, 4) is 5.75 Å². The number of carbonyl (C=O) groups is 1. The van der Waals surface area contributed by atoms with Gasteiger partial charge in [0, 0.05) is 57.7 Å². The second-order valence-corrected chi connectivity index (χ2v) is 10.1. The molecule has 2 aromatic rings. The normalized spacial score (nSPS) is 15.1. The number of piperidine rings is 1. The van der Waals surface area contributed by atoms with Crippen LogP contribution in [0.3, 0.4) is 0 Å². The number of nitrogens with one attached hydrogen (secondary N) is 1. The summed E-state index contributed by atoms with van der Waals surface area (Å²) < 4.78 is 34.8. The van der Waals surface area contributed by atoms with E-state index in [9.17, 15) is 18.0 Å². The molecule has 174 valence electrons. The van der Waals surface area contributed by atoms with Crippen LogP contribution in [0, 0.1) is 6.92 Å². The smallest absolute Gasteiger partial charge is 0.254 e. The molecule has 0 bridgehead atoms. The molecule has 0 radical (unpaired) electrons. The topological polar surface area (TPSA) is 97.7 Å². The summed E-state index contributed by atoms with van der Waals surface area (Å²) in [6.45, 7) is 2.77. The van der Waals surface area contributed by atoms with Crippen molar-refractivity contribution in [3.63, 3.8) is 0 Å². The van der Waals surface area contributed by atoms with E-state index in [1.165, 1.54) is 18.2 Å². The van der Waals surface area contributed by atoms with E-state index in [4.69, 9.17) is 27.9 Å². The van der Waals surface area contributed by atoms with Crippen LogP contribution in [0.1, 0.15) is 25.0 Å². The summed E-state index contributed by atoms with van der Waals surface area (Å²) in [6.07, 6.45) is 1.18. The summed E-state index contributed by atoms with van der Waals surface area (Å²) in [5, 5.41) is 0.0368. The average molecular weight is 502 g/mol. The number of rotatable bonds is 7. The quantitative estimate of drug-likeness (QED) is 0.628. The van der Waals surface area contributed by atoms with Crippen LogP contribution in [0.5, 0.6) is 5.75 Å². The number of halogens is 2. The number of amides is 1. The molecule has 1 aromatic carbocycles. The Morgan fingerprint density at radius 2 is 1.81 bits per heavy atom. The maximum atomic E-state index is 12.5. The van der Waals surface area contributed by atoms with Gasteiger partial charge >= 0.3 is 0 Å². The van der Waals surface area contributed by atoms with Gasteiger partial charge in [-0.15, -0.1) is 0 Å². The van der Waals surface area contributed by atoms with Gasteiger partial charge in [-0.1, -0.05) is 29.3 Å². The first-order valence-electron chi connectivity index (χ1n) is 10.1. The summed E-state index contributed by atoms with van der Waals surface area (Å²) in [5.74, 6) is 0.379. The van der Waals surface area contributed by atoms with Gasteiger partial charge in [0.1, 0.15) is 16.7 Å². The van der Waals surface area contributed by atoms with E-state index in [0.29, 0.717) is 31.7 Å². The van der Waals surface area contributed by atoms with Crippen LogP contribution < -0.4 is 15.0 Å². The standard InChI is InChI=1S/C21H25Cl2N3O5S/c1-14-12-16(13-20(28)25(14)2)31-15-7-10-26(11-8-15)19(27)6-9-24-32(29,30)21-17(22)4-3-5-18(21)23/h3-5,12-13,15,24H,6-11H2,1-2H3. The van der Waals surface area contributed by atoms with Crippen molar-refractivity contribution in [1.82, 2.24) is 14.2 Å². The number of aromatic nitrogens is 1. The molecule has 3 rings (SSSR count). The van der Waals surface area contributed by atoms with Crippen LogP contribution in [-0.4, -0.2) is 49.5 Å². The first kappa shape index (κ1) is 24.6. The number of nitrogens with zero attached hydrogens (tertiary/aromatic N) is 2. The van der Waals surface area contributed by atoms with Gasteiger partial charge in [0.15, 0.2) is 0 Å². The van der Waals surface area contributed by atoms with Gasteiger partial charge < -0.3 is 14.2 Å². The molecule has 1 saturated heterocycles. The third-order valence-corrected chi connectivity index (χ3v) is 7.81. The number of sulfonamides is 1. The van der Waals surface area contributed by atoms with Crippen molar-refractivity contribution in [2.75, 3.05) is 19.6 Å². The first-order chi connectivity index (χ1) is 15.1. The second kappa shape index (κ2) is 10.2. The summed E-state index contributed by atoms with van der Waals surface area (Å²) in [4.78, 5) is 25.9. The maximum absolute atomic E-state index is 12.5. The lowest BCUT2D eigenvalue weighted by Crippen LogP contribution is -2.42. The number of ether oxygens (including phenoxy) is 1. The van der Waals surface area contributed by atoms with Gasteiger partial charge in [-0.3, -0.25) is 9.59 Å². The molecular formula is C21H25Cl2N3O5S. The van der Waals surface area contributed by atoms with Crippen LogP contribution >= 0.6 is 23.2 Å². The van der Waals surface area contributed by atoms with Gasteiger partial charge in [0.25, 0.3) is 5.56 Å². The Bertz CT molecular complexity index is 1140. The van der Waals surface area contributed by atoms with Gasteiger partial charge in [0.2, 0.25) is 15.9 Å². The maximum Gasteiger partial charge on any atom is 0.254 e. The minimum Gasteiger partial charge on any atom is -0.490 e. The zero-order valence-corrected chi connectivity index (χ0v) is 20.1. The Hall–Kier alpha value is -2.07. The monoisotopic (exact) mass is 501 g/mol. The van der Waals surface area contributed by atoms with E-state index in [0.717, 1.165) is 5.69 Å². The Balaban J connectivity index is 1.48. The largest absolute Gasteiger partial charge is 0.490 e. The van der Waals surface area contributed by atoms with E-state index in [2.05, 4.69) is 4.72 Å². The van der Waals surface area contributed by atoms with Gasteiger partial charge in [0.05, 0.1) is 10.0 Å². The van der Waals surface area contributed by atoms with Crippen molar-refractivity contribution < 1.29 is 17.9 Å². The number of likely N-dealkylation sites (tertiary alicyclic amines) is 1. The first-order valence-corrected chi connectivity index (χ1v) is 12.4. The number of hydrogen-bond donors (Lipinski definition) is 1. The highest BCUT2D eigenvalue weighted by Crippen LogP contribution is 2.28. The van der Waals surface area contributed by atoms with Crippen LogP contribution in [-0.2, 0) is 21.9 Å². The molecule has 1 N–H and O–H groups in total. The van der Waals surface area contributed by atoms with Crippen LogP contribution in [0.25, 0.3) is 0 Å². The van der Waals surface area contributed by atoms with Gasteiger partial charge in [-0.25, -0.2) is 13.1 Å². The molecule has 0 unspecified atom stereocenters. The van der Waals surface area contributed by atoms with Crippen molar-refractivity contribution >= 4 is 39.1 Å². The Kier molecular flexibility index (Phi) is 7.87. The minimum atomic E-state index is -3.93. The fourth-order valence-electron chi connectivity index (χ4n) is 3.48. The lowest BCUT2D eigenvalue weighted by atomic mass is 10.1. The highest BCUT2D eigenvalue weighted by molar-refractivity contribution is 7.89. The highest BCUT2D eigenvalue weighted by atomic mass is 35.5. The molecule has 11 heteroatoms. The molecule has 2 heterocycles. The SMILES string of the molecule is Cc1cc(OC2CCN(C(=O)CCNS(=O)(=O)c3c(Cl)cccc3Cl)CC2)cc(=O)n1C. The van der Waals surface area contributed by atoms with Gasteiger partial charge in [-0.2, -0.15) is 0 Å². The van der Waals surface area contributed by atoms with E-state index < -0.39 is 10.0 Å². The molecule has 32 heavy (non-hydrogen) atoms. The number of benzene rings is 1. The average Bonchev–Trinajstić information content (AvgIpc) is 2.72. The summed E-state index contributed by atoms with van der Waals surface area (Å²) >= 11 is 11.9. The summed E-state index contributed by atoms with van der Waals surface area (Å²) in [7, 11) is -2.23. The molecule has 1 fully saturated rings. The zero-order chi connectivity index (χ0) is 23.5. The Labute approximate surface area is 197 Å². The van der Waals surface area contributed by atoms with Crippen molar-refractivity contribution in [2.24, 2.45) is 7.05 Å². The molecule has 0 saturated carbocycles. The third-order valence-electron chi connectivity index (χ3n) is 5.39. The molecule has 1 aliphatic heterocycles. The van der Waals surface area contributed by atoms with E-state index in [1.807, 2.05) is 13.0 Å². The number of carbonyl (C=O) groups excluding carboxylic acids is 1. The summed E-state index contributed by atoms with van der Waals surface area (Å²) in [6, 6.07) is 7.71. The molecule has 0 atom stereocenters. The molecule has 0 spiro atoms. The van der Waals surface area contributed by atoms with Crippen LogP contribution in [0.2, 0.25) is 10.0 Å². The Morgan fingerprint density at radius 1 is 1.19 bits per heavy atom. The number of pyridine rings is 1. The van der Waals surface area contributed by atoms with E-state index >= 15 is 0 Å². The minimum absolute atomic E-state index is 0.0146. The molecule has 1 aromatic heterocycles. The lowest BCUT2D eigenvalue weighted by Gasteiger charge is -2.32. The van der Waals surface area contributed by atoms with Crippen molar-refractivity contribution in [3.05, 3.63) is 56.4 Å². The van der Waals surface area contributed by atoms with Crippen LogP contribution in [0.15, 0.2) is 40.0 Å². The van der Waals surface area contributed by atoms with Crippen LogP contribution in [0.4, 0.5) is 0 Å². The van der Waals surface area contributed by atoms with Crippen molar-refractivity contribution in [1.29, 1.82) is 0 Å². The predicted octanol–water partition coefficient (Wildman–Crippen LogP) is 2.74. The molecular weight excluding hydrogens is 477 g/mol. The lowest BCUT2D eigenvalue weighted by molar-refractivity contribution is -0.132. The molecule has 8 nitrogen and oxygen atoms in total. The Morgan fingerprint density at radius 3 is 2.41 bits per heavy atom.